The summed E-state index contributed by atoms with van der Waals surface area (Å²) in [5.41, 5.74) is 2.42. The predicted octanol–water partition coefficient (Wildman–Crippen LogP) is 5.50. The fraction of sp³-hybridized carbons (Fsp3) is 0.391. The average molecular weight is 588 g/mol. The van der Waals surface area contributed by atoms with Crippen LogP contribution in [0.1, 0.15) is 19.4 Å². The molecule has 0 aromatic heterocycles. The maximum atomic E-state index is 12.4. The van der Waals surface area contributed by atoms with E-state index in [2.05, 4.69) is 42.1 Å². The van der Waals surface area contributed by atoms with Gasteiger partial charge in [0, 0.05) is 42.3 Å². The lowest BCUT2D eigenvalue weighted by atomic mass is 10.1. The quantitative estimate of drug-likeness (QED) is 0.485. The minimum atomic E-state index is -0.274. The fourth-order valence-electron chi connectivity index (χ4n) is 3.58. The molecule has 1 fully saturated rings. The van der Waals surface area contributed by atoms with Crippen molar-refractivity contribution in [2.45, 2.75) is 20.8 Å². The molecule has 0 unspecified atom stereocenters. The Morgan fingerprint density at radius 2 is 1.81 bits per heavy atom. The molecule has 2 aromatic rings. The lowest BCUT2D eigenvalue weighted by molar-refractivity contribution is -0.134. The van der Waals surface area contributed by atoms with Gasteiger partial charge in [0.25, 0.3) is 5.91 Å². The molecule has 0 atom stereocenters. The van der Waals surface area contributed by atoms with Crippen molar-refractivity contribution in [1.29, 1.82) is 0 Å². The van der Waals surface area contributed by atoms with E-state index in [4.69, 9.17) is 16.3 Å². The second-order valence-electron chi connectivity index (χ2n) is 8.00. The lowest BCUT2D eigenvalue weighted by Gasteiger charge is -2.37. The number of anilines is 2. The van der Waals surface area contributed by atoms with Crippen LogP contribution in [0.25, 0.3) is 0 Å². The summed E-state index contributed by atoms with van der Waals surface area (Å²) in [6, 6.07) is 9.26. The Balaban J connectivity index is 1.56. The molecule has 0 aliphatic carbocycles. The Labute approximate surface area is 210 Å². The molecular formula is C23H26Br2ClN3O3. The van der Waals surface area contributed by atoms with Gasteiger partial charge in [0.05, 0.1) is 15.2 Å². The Kier molecular flexibility index (Phi) is 8.47. The molecule has 1 heterocycles. The van der Waals surface area contributed by atoms with E-state index in [1.165, 1.54) is 0 Å². The standard InChI is InChI=1S/C23H26Br2ClN3O3/c1-14(2)23(31)29-8-6-28(7-9-29)20-5-4-17(12-19(20)26)27-21(30)13-32-22-15(3)10-16(24)11-18(22)25/h4-5,10-12,14H,6-9,13H2,1-3H3,(H,27,30). The van der Waals surface area contributed by atoms with Gasteiger partial charge in [-0.1, -0.05) is 41.4 Å². The highest BCUT2D eigenvalue weighted by Crippen LogP contribution is 2.33. The van der Waals surface area contributed by atoms with Gasteiger partial charge in [-0.25, -0.2) is 0 Å². The van der Waals surface area contributed by atoms with Crippen molar-refractivity contribution in [2.75, 3.05) is 43.0 Å². The van der Waals surface area contributed by atoms with Crippen LogP contribution in [0.15, 0.2) is 39.3 Å². The zero-order chi connectivity index (χ0) is 23.4. The number of hydrogen-bond acceptors (Lipinski definition) is 4. The summed E-state index contributed by atoms with van der Waals surface area (Å²) in [5.74, 6) is 0.544. The molecule has 2 aromatic carbocycles. The third-order valence-electron chi connectivity index (χ3n) is 5.20. The third-order valence-corrected chi connectivity index (χ3v) is 6.55. The van der Waals surface area contributed by atoms with Gasteiger partial charge in [0.1, 0.15) is 5.75 Å². The van der Waals surface area contributed by atoms with Crippen LogP contribution in [0.3, 0.4) is 0 Å². The first-order valence-corrected chi connectivity index (χ1v) is 12.3. The van der Waals surface area contributed by atoms with Crippen molar-refractivity contribution in [1.82, 2.24) is 4.90 Å². The van der Waals surface area contributed by atoms with Gasteiger partial charge in [0.2, 0.25) is 5.91 Å². The summed E-state index contributed by atoms with van der Waals surface area (Å²) < 4.78 is 7.41. The van der Waals surface area contributed by atoms with E-state index >= 15 is 0 Å². The van der Waals surface area contributed by atoms with Crippen LogP contribution in [-0.2, 0) is 9.59 Å². The van der Waals surface area contributed by atoms with E-state index in [-0.39, 0.29) is 24.3 Å². The van der Waals surface area contributed by atoms with Crippen molar-refractivity contribution >= 4 is 66.6 Å². The summed E-state index contributed by atoms with van der Waals surface area (Å²) in [4.78, 5) is 28.6. The summed E-state index contributed by atoms with van der Waals surface area (Å²) in [6.45, 7) is 8.43. The number of hydrogen-bond donors (Lipinski definition) is 1. The Bertz CT molecular complexity index is 985. The maximum Gasteiger partial charge on any atom is 0.262 e. The second kappa shape index (κ2) is 10.9. The van der Waals surface area contributed by atoms with E-state index in [1.807, 2.05) is 49.9 Å². The van der Waals surface area contributed by atoms with Crippen LogP contribution < -0.4 is 15.0 Å². The van der Waals surface area contributed by atoms with Crippen molar-refractivity contribution < 1.29 is 14.3 Å². The van der Waals surface area contributed by atoms with E-state index in [0.717, 1.165) is 33.3 Å². The number of carbonyl (C=O) groups is 2. The molecule has 2 amide bonds. The van der Waals surface area contributed by atoms with E-state index in [1.54, 1.807) is 6.07 Å². The number of nitrogens with one attached hydrogen (secondary N) is 1. The fourth-order valence-corrected chi connectivity index (χ4v) is 5.43. The summed E-state index contributed by atoms with van der Waals surface area (Å²) in [5, 5.41) is 3.38. The number of nitrogens with zero attached hydrogens (tertiary/aromatic N) is 2. The van der Waals surface area contributed by atoms with Crippen molar-refractivity contribution in [2.24, 2.45) is 5.92 Å². The molecule has 3 rings (SSSR count). The van der Waals surface area contributed by atoms with Gasteiger partial charge in [-0.05, 0) is 58.7 Å². The molecule has 0 saturated carbocycles. The Morgan fingerprint density at radius 3 is 2.41 bits per heavy atom. The van der Waals surface area contributed by atoms with Crippen LogP contribution in [0.2, 0.25) is 5.02 Å². The molecule has 0 bridgehead atoms. The van der Waals surface area contributed by atoms with Gasteiger partial charge < -0.3 is 19.9 Å². The number of carbonyl (C=O) groups excluding carboxylic acids is 2. The van der Waals surface area contributed by atoms with E-state index in [0.29, 0.717) is 29.5 Å². The number of amides is 2. The molecule has 0 spiro atoms. The Hall–Kier alpha value is -1.77. The highest BCUT2D eigenvalue weighted by Gasteiger charge is 2.24. The lowest BCUT2D eigenvalue weighted by Crippen LogP contribution is -2.50. The van der Waals surface area contributed by atoms with Crippen molar-refractivity contribution in [3.8, 4) is 5.75 Å². The highest BCUT2D eigenvalue weighted by atomic mass is 79.9. The van der Waals surface area contributed by atoms with Crippen LogP contribution in [0.5, 0.6) is 5.75 Å². The zero-order valence-corrected chi connectivity index (χ0v) is 22.2. The number of ether oxygens (including phenoxy) is 1. The number of benzene rings is 2. The summed E-state index contributed by atoms with van der Waals surface area (Å²) >= 11 is 13.4. The number of aryl methyl sites for hydroxylation is 1. The first-order chi connectivity index (χ1) is 15.2. The van der Waals surface area contributed by atoms with Crippen molar-refractivity contribution in [3.63, 3.8) is 0 Å². The highest BCUT2D eigenvalue weighted by molar-refractivity contribution is 9.11. The predicted molar refractivity (Wildman–Crippen MR) is 136 cm³/mol. The van der Waals surface area contributed by atoms with Gasteiger partial charge >= 0.3 is 0 Å². The van der Waals surface area contributed by atoms with Gasteiger partial charge in [-0.15, -0.1) is 0 Å². The number of piperazine rings is 1. The molecule has 1 saturated heterocycles. The van der Waals surface area contributed by atoms with Crippen LogP contribution in [0.4, 0.5) is 11.4 Å². The maximum absolute atomic E-state index is 12.4. The van der Waals surface area contributed by atoms with Gasteiger partial charge in [0.15, 0.2) is 6.61 Å². The molecule has 32 heavy (non-hydrogen) atoms. The molecule has 9 heteroatoms. The first-order valence-electron chi connectivity index (χ1n) is 10.4. The van der Waals surface area contributed by atoms with E-state index < -0.39 is 0 Å². The minimum absolute atomic E-state index is 0.00537. The average Bonchev–Trinajstić information content (AvgIpc) is 2.72. The Morgan fingerprint density at radius 1 is 1.12 bits per heavy atom. The molecule has 172 valence electrons. The molecule has 1 N–H and O–H groups in total. The van der Waals surface area contributed by atoms with Crippen LogP contribution in [-0.4, -0.2) is 49.5 Å². The normalized spacial score (nSPS) is 14.0. The van der Waals surface area contributed by atoms with Gasteiger partial charge in [-0.3, -0.25) is 9.59 Å². The SMILES string of the molecule is Cc1cc(Br)cc(Br)c1OCC(=O)Nc1ccc(N2CCN(C(=O)C(C)C)CC2)c(Cl)c1. The molecular weight excluding hydrogens is 562 g/mol. The molecule has 6 nitrogen and oxygen atoms in total. The van der Waals surface area contributed by atoms with E-state index in [9.17, 15) is 9.59 Å². The summed E-state index contributed by atoms with van der Waals surface area (Å²) in [6.07, 6.45) is 0. The molecule has 1 aliphatic rings. The summed E-state index contributed by atoms with van der Waals surface area (Å²) in [7, 11) is 0. The largest absolute Gasteiger partial charge is 0.482 e. The monoisotopic (exact) mass is 585 g/mol. The second-order valence-corrected chi connectivity index (χ2v) is 10.2. The topological polar surface area (TPSA) is 61.9 Å². The zero-order valence-electron chi connectivity index (χ0n) is 18.3. The number of halogens is 3. The number of rotatable bonds is 6. The third kappa shape index (κ3) is 6.17. The van der Waals surface area contributed by atoms with Gasteiger partial charge in [-0.2, -0.15) is 0 Å². The molecule has 1 aliphatic heterocycles. The first kappa shape index (κ1) is 24.9. The van der Waals surface area contributed by atoms with Crippen LogP contribution in [0, 0.1) is 12.8 Å². The molecule has 0 radical (unpaired) electrons. The minimum Gasteiger partial charge on any atom is -0.482 e. The van der Waals surface area contributed by atoms with Crippen LogP contribution >= 0.6 is 43.5 Å². The smallest absolute Gasteiger partial charge is 0.262 e. The van der Waals surface area contributed by atoms with Crippen molar-refractivity contribution in [3.05, 3.63) is 49.9 Å².